The molecule has 0 radical (unpaired) electrons. The number of likely N-dealkylation sites (tertiary alicyclic amines) is 1. The largest absolute Gasteiger partial charge is 0.491 e. The van der Waals surface area contributed by atoms with Crippen molar-refractivity contribution in [1.29, 1.82) is 0 Å². The van der Waals surface area contributed by atoms with Crippen LogP contribution in [0.1, 0.15) is 32.3 Å². The van der Waals surface area contributed by atoms with Crippen LogP contribution in [0.3, 0.4) is 0 Å². The molecule has 2 rings (SSSR count). The van der Waals surface area contributed by atoms with Crippen molar-refractivity contribution < 1.29 is 19.6 Å². The van der Waals surface area contributed by atoms with Crippen LogP contribution in [0.15, 0.2) is 18.2 Å². The summed E-state index contributed by atoms with van der Waals surface area (Å²) in [4.78, 5) is 23.6. The Kier molecular flexibility index (Phi) is 4.97. The number of hydrogen-bond donors (Lipinski definition) is 1. The SMILES string of the molecule is CC(C)Oc1ccc([N+](=O)[O-])cc1CN1CCC[C@H]1C(=O)O. The van der Waals surface area contributed by atoms with Crippen molar-refractivity contribution >= 4 is 11.7 Å². The number of nitro benzene ring substituents is 1. The van der Waals surface area contributed by atoms with Gasteiger partial charge in [0.2, 0.25) is 0 Å². The molecule has 1 aliphatic rings. The molecule has 0 bridgehead atoms. The minimum Gasteiger partial charge on any atom is -0.491 e. The molecule has 1 aliphatic heterocycles. The fraction of sp³-hybridized carbons (Fsp3) is 0.533. The monoisotopic (exact) mass is 308 g/mol. The van der Waals surface area contributed by atoms with Crippen molar-refractivity contribution in [3.8, 4) is 5.75 Å². The maximum atomic E-state index is 11.3. The standard InChI is InChI=1S/C15H20N2O5/c1-10(2)22-14-6-5-12(17(20)21)8-11(14)9-16-7-3-4-13(16)15(18)19/h5-6,8,10,13H,3-4,7,9H2,1-2H3,(H,18,19)/t13-/m0/s1. The Hall–Kier alpha value is -2.15. The molecule has 1 N–H and O–H groups in total. The fourth-order valence-corrected chi connectivity index (χ4v) is 2.69. The maximum absolute atomic E-state index is 11.3. The summed E-state index contributed by atoms with van der Waals surface area (Å²) in [6.45, 7) is 4.75. The lowest BCUT2D eigenvalue weighted by Gasteiger charge is -2.23. The maximum Gasteiger partial charge on any atom is 0.320 e. The minimum atomic E-state index is -0.853. The van der Waals surface area contributed by atoms with Gasteiger partial charge in [0.25, 0.3) is 5.69 Å². The molecule has 1 aromatic rings. The lowest BCUT2D eigenvalue weighted by molar-refractivity contribution is -0.385. The Morgan fingerprint density at radius 1 is 1.55 bits per heavy atom. The summed E-state index contributed by atoms with van der Waals surface area (Å²) >= 11 is 0. The smallest absolute Gasteiger partial charge is 0.320 e. The van der Waals surface area contributed by atoms with Crippen molar-refractivity contribution in [1.82, 2.24) is 4.90 Å². The van der Waals surface area contributed by atoms with E-state index < -0.39 is 16.9 Å². The van der Waals surface area contributed by atoms with E-state index in [9.17, 15) is 20.0 Å². The molecule has 1 aromatic carbocycles. The second-order valence-electron chi connectivity index (χ2n) is 5.68. The van der Waals surface area contributed by atoms with Crippen molar-refractivity contribution in [3.63, 3.8) is 0 Å². The van der Waals surface area contributed by atoms with Gasteiger partial charge in [-0.1, -0.05) is 0 Å². The zero-order valence-corrected chi connectivity index (χ0v) is 12.7. The summed E-state index contributed by atoms with van der Waals surface area (Å²) in [5.74, 6) is -0.286. The summed E-state index contributed by atoms with van der Waals surface area (Å²) in [7, 11) is 0. The Bertz CT molecular complexity index is 573. The van der Waals surface area contributed by atoms with E-state index in [1.807, 2.05) is 18.7 Å². The molecule has 0 aromatic heterocycles. The molecule has 0 unspecified atom stereocenters. The minimum absolute atomic E-state index is 0.0165. The Labute approximate surface area is 128 Å². The van der Waals surface area contributed by atoms with Crippen LogP contribution < -0.4 is 4.74 Å². The molecular weight excluding hydrogens is 288 g/mol. The number of benzene rings is 1. The number of nitrogens with zero attached hydrogens (tertiary/aromatic N) is 2. The number of carboxylic acid groups (broad SMARTS) is 1. The second-order valence-corrected chi connectivity index (χ2v) is 5.68. The van der Waals surface area contributed by atoms with Crippen LogP contribution in [-0.2, 0) is 11.3 Å². The van der Waals surface area contributed by atoms with E-state index in [-0.39, 0.29) is 11.8 Å². The van der Waals surface area contributed by atoms with Gasteiger partial charge in [-0.3, -0.25) is 19.8 Å². The highest BCUT2D eigenvalue weighted by molar-refractivity contribution is 5.73. The van der Waals surface area contributed by atoms with Crippen LogP contribution in [0.5, 0.6) is 5.75 Å². The molecule has 1 saturated heterocycles. The highest BCUT2D eigenvalue weighted by atomic mass is 16.6. The average Bonchev–Trinajstić information content (AvgIpc) is 2.88. The van der Waals surface area contributed by atoms with E-state index in [0.717, 1.165) is 6.42 Å². The highest BCUT2D eigenvalue weighted by Crippen LogP contribution is 2.29. The molecule has 120 valence electrons. The van der Waals surface area contributed by atoms with Crippen molar-refractivity contribution in [2.45, 2.75) is 45.4 Å². The number of ether oxygens (including phenoxy) is 1. The van der Waals surface area contributed by atoms with Crippen LogP contribution in [-0.4, -0.2) is 39.6 Å². The van der Waals surface area contributed by atoms with E-state index >= 15 is 0 Å². The molecule has 22 heavy (non-hydrogen) atoms. The van der Waals surface area contributed by atoms with Gasteiger partial charge in [0.05, 0.1) is 11.0 Å². The molecule has 0 aliphatic carbocycles. The number of rotatable bonds is 6. The fourth-order valence-electron chi connectivity index (χ4n) is 2.69. The van der Waals surface area contributed by atoms with Crippen molar-refractivity contribution in [3.05, 3.63) is 33.9 Å². The van der Waals surface area contributed by atoms with Gasteiger partial charge in [0, 0.05) is 24.2 Å². The normalized spacial score (nSPS) is 18.6. The number of nitro groups is 1. The first-order chi connectivity index (χ1) is 10.4. The molecule has 1 fully saturated rings. The zero-order valence-electron chi connectivity index (χ0n) is 12.7. The molecule has 1 atom stereocenters. The predicted octanol–water partition coefficient (Wildman–Crippen LogP) is 2.43. The van der Waals surface area contributed by atoms with Crippen molar-refractivity contribution in [2.24, 2.45) is 0 Å². The molecule has 0 amide bonds. The molecular formula is C15H20N2O5. The van der Waals surface area contributed by atoms with E-state index in [1.54, 1.807) is 6.07 Å². The van der Waals surface area contributed by atoms with Gasteiger partial charge in [0.1, 0.15) is 11.8 Å². The van der Waals surface area contributed by atoms with Gasteiger partial charge < -0.3 is 9.84 Å². The summed E-state index contributed by atoms with van der Waals surface area (Å²) in [6.07, 6.45) is 1.35. The second kappa shape index (κ2) is 6.74. The van der Waals surface area contributed by atoms with Gasteiger partial charge in [-0.2, -0.15) is 0 Å². The summed E-state index contributed by atoms with van der Waals surface area (Å²) < 4.78 is 5.69. The van der Waals surface area contributed by atoms with Crippen LogP contribution in [0.2, 0.25) is 0 Å². The van der Waals surface area contributed by atoms with Gasteiger partial charge in [-0.15, -0.1) is 0 Å². The third kappa shape index (κ3) is 3.73. The molecule has 0 saturated carbocycles. The number of aliphatic carboxylic acids is 1. The van der Waals surface area contributed by atoms with Gasteiger partial charge in [-0.25, -0.2) is 0 Å². The van der Waals surface area contributed by atoms with Gasteiger partial charge >= 0.3 is 5.97 Å². The summed E-state index contributed by atoms with van der Waals surface area (Å²) in [6, 6.07) is 3.92. The number of carboxylic acids is 1. The summed E-state index contributed by atoms with van der Waals surface area (Å²) in [5, 5.41) is 20.2. The molecule has 7 nitrogen and oxygen atoms in total. The topological polar surface area (TPSA) is 92.9 Å². The van der Waals surface area contributed by atoms with Crippen LogP contribution in [0.25, 0.3) is 0 Å². The van der Waals surface area contributed by atoms with Gasteiger partial charge in [0.15, 0.2) is 0 Å². The van der Waals surface area contributed by atoms with Crippen molar-refractivity contribution in [2.75, 3.05) is 6.54 Å². The number of hydrogen-bond acceptors (Lipinski definition) is 5. The van der Waals surface area contributed by atoms with Crippen LogP contribution in [0.4, 0.5) is 5.69 Å². The van der Waals surface area contributed by atoms with E-state index in [1.165, 1.54) is 12.1 Å². The lowest BCUT2D eigenvalue weighted by Crippen LogP contribution is -2.35. The third-order valence-corrected chi connectivity index (χ3v) is 3.64. The predicted molar refractivity (Wildman–Crippen MR) is 79.9 cm³/mol. The highest BCUT2D eigenvalue weighted by Gasteiger charge is 2.31. The Morgan fingerprint density at radius 2 is 2.27 bits per heavy atom. The zero-order chi connectivity index (χ0) is 16.3. The molecule has 7 heteroatoms. The Balaban J connectivity index is 2.28. The van der Waals surface area contributed by atoms with Crippen LogP contribution in [0, 0.1) is 10.1 Å². The number of carbonyl (C=O) groups is 1. The quantitative estimate of drug-likeness (QED) is 0.641. The summed E-state index contributed by atoms with van der Waals surface area (Å²) in [5.41, 5.74) is 0.633. The first kappa shape index (κ1) is 16.2. The first-order valence-electron chi connectivity index (χ1n) is 7.29. The molecule has 1 heterocycles. The van der Waals surface area contributed by atoms with Gasteiger partial charge in [-0.05, 0) is 39.3 Å². The van der Waals surface area contributed by atoms with E-state index in [0.29, 0.717) is 30.8 Å². The van der Waals surface area contributed by atoms with E-state index in [2.05, 4.69) is 0 Å². The molecule has 0 spiro atoms. The average molecular weight is 308 g/mol. The van der Waals surface area contributed by atoms with Crippen LogP contribution >= 0.6 is 0 Å². The van der Waals surface area contributed by atoms with E-state index in [4.69, 9.17) is 4.74 Å². The number of non-ortho nitro benzene ring substituents is 1. The Morgan fingerprint density at radius 3 is 2.86 bits per heavy atom. The lowest BCUT2D eigenvalue weighted by atomic mass is 10.1. The third-order valence-electron chi connectivity index (χ3n) is 3.64. The first-order valence-corrected chi connectivity index (χ1v) is 7.29.